The van der Waals surface area contributed by atoms with Crippen LogP contribution in [0, 0.1) is 0 Å². The van der Waals surface area contributed by atoms with E-state index in [1.807, 2.05) is 0 Å². The van der Waals surface area contributed by atoms with Crippen LogP contribution in [0.1, 0.15) is 219 Å². The second-order valence-corrected chi connectivity index (χ2v) is 13.1. The van der Waals surface area contributed by atoms with Crippen molar-refractivity contribution in [3.8, 4) is 0 Å². The minimum absolute atomic E-state index is 0.211. The minimum atomic E-state index is -0.211. The molecular weight excluding hydrogens is 516 g/mol. The quantitative estimate of drug-likeness (QED) is 0.0420. The molecule has 246 valence electrons. The first-order valence-electron chi connectivity index (χ1n) is 18.9. The number of nitrogens with zero attached hydrogens (tertiary/aromatic N) is 2. The van der Waals surface area contributed by atoms with Gasteiger partial charge in [-0.2, -0.15) is 0 Å². The molecule has 2 atom stereocenters. The van der Waals surface area contributed by atoms with Crippen molar-refractivity contribution in [2.45, 2.75) is 231 Å². The zero-order chi connectivity index (χ0) is 30.6. The summed E-state index contributed by atoms with van der Waals surface area (Å²) in [5, 5.41) is 0. The summed E-state index contributed by atoms with van der Waals surface area (Å²) in [6, 6.07) is -0.421. The summed E-state index contributed by atoms with van der Waals surface area (Å²) in [5.74, 6) is 0. The zero-order valence-corrected chi connectivity index (χ0v) is 28.5. The molecule has 0 spiro atoms. The van der Waals surface area contributed by atoms with Gasteiger partial charge in [-0.3, -0.25) is 0 Å². The van der Waals surface area contributed by atoms with Gasteiger partial charge in [0.15, 0.2) is 0 Å². The van der Waals surface area contributed by atoms with Crippen molar-refractivity contribution in [1.82, 2.24) is 0 Å². The standard InChI is InChI=1S/C38H72N2O2/c1-3-5-7-9-11-13-15-17-19-21-23-25-27-29-31-33-37(39-35-41)38(40-36-42)34-32-30-28-26-24-22-20-18-16-14-12-10-8-6-4-2/h37-38H,3-34H2,1-2H3. The van der Waals surface area contributed by atoms with Crippen molar-refractivity contribution in [3.05, 3.63) is 0 Å². The molecule has 42 heavy (non-hydrogen) atoms. The fourth-order valence-corrected chi connectivity index (χ4v) is 6.27. The van der Waals surface area contributed by atoms with E-state index < -0.39 is 0 Å². The predicted molar refractivity (Wildman–Crippen MR) is 183 cm³/mol. The Morgan fingerprint density at radius 1 is 0.333 bits per heavy atom. The van der Waals surface area contributed by atoms with E-state index in [4.69, 9.17) is 0 Å². The smallest absolute Gasteiger partial charge is 0.211 e. The summed E-state index contributed by atoms with van der Waals surface area (Å²) in [6.45, 7) is 4.56. The molecule has 4 heteroatoms. The molecule has 0 aromatic heterocycles. The summed E-state index contributed by atoms with van der Waals surface area (Å²) >= 11 is 0. The van der Waals surface area contributed by atoms with Crippen LogP contribution in [0.2, 0.25) is 0 Å². The number of aliphatic imine (C=N–C) groups is 2. The highest BCUT2D eigenvalue weighted by Gasteiger charge is 2.20. The maximum atomic E-state index is 11.1. The van der Waals surface area contributed by atoms with Crippen LogP contribution in [-0.4, -0.2) is 24.2 Å². The third-order valence-corrected chi connectivity index (χ3v) is 9.09. The molecule has 0 amide bonds. The molecular formula is C38H72N2O2. The Bertz CT molecular complexity index is 571. The molecule has 0 aliphatic rings. The molecule has 2 unspecified atom stereocenters. The van der Waals surface area contributed by atoms with Crippen LogP contribution in [0.3, 0.4) is 0 Å². The van der Waals surface area contributed by atoms with Crippen LogP contribution in [0.4, 0.5) is 0 Å². The molecule has 0 aromatic rings. The fourth-order valence-electron chi connectivity index (χ4n) is 6.27. The molecule has 4 nitrogen and oxygen atoms in total. The van der Waals surface area contributed by atoms with E-state index >= 15 is 0 Å². The first kappa shape index (κ1) is 40.8. The first-order chi connectivity index (χ1) is 20.8. The average molecular weight is 589 g/mol. The van der Waals surface area contributed by atoms with E-state index in [0.29, 0.717) is 0 Å². The highest BCUT2D eigenvalue weighted by molar-refractivity contribution is 5.36. The number of hydrogen-bond acceptors (Lipinski definition) is 4. The lowest BCUT2D eigenvalue weighted by Crippen LogP contribution is -2.23. The van der Waals surface area contributed by atoms with Gasteiger partial charge in [-0.05, 0) is 12.8 Å². The molecule has 0 fully saturated rings. The van der Waals surface area contributed by atoms with E-state index in [2.05, 4.69) is 23.8 Å². The molecule has 0 saturated carbocycles. The van der Waals surface area contributed by atoms with Gasteiger partial charge in [-0.1, -0.05) is 206 Å². The van der Waals surface area contributed by atoms with E-state index in [1.54, 1.807) is 12.2 Å². The summed E-state index contributed by atoms with van der Waals surface area (Å²) in [7, 11) is 0. The number of rotatable bonds is 35. The Hall–Kier alpha value is -1.24. The molecule has 0 saturated heterocycles. The Morgan fingerprint density at radius 2 is 0.524 bits per heavy atom. The largest absolute Gasteiger partial charge is 0.235 e. The lowest BCUT2D eigenvalue weighted by molar-refractivity contribution is 0.425. The van der Waals surface area contributed by atoms with Gasteiger partial charge in [-0.25, -0.2) is 19.6 Å². The van der Waals surface area contributed by atoms with Crippen molar-refractivity contribution in [2.75, 3.05) is 0 Å². The number of isocyanates is 2. The Kier molecular flexibility index (Phi) is 34.9. The van der Waals surface area contributed by atoms with Gasteiger partial charge in [0.05, 0.1) is 12.1 Å². The molecule has 0 aliphatic heterocycles. The van der Waals surface area contributed by atoms with E-state index in [1.165, 1.54) is 180 Å². The predicted octanol–water partition coefficient (Wildman–Crippen LogP) is 12.9. The van der Waals surface area contributed by atoms with E-state index in [9.17, 15) is 9.59 Å². The average Bonchev–Trinajstić information content (AvgIpc) is 3.00. The summed E-state index contributed by atoms with van der Waals surface area (Å²) in [5.41, 5.74) is 0. The third kappa shape index (κ3) is 30.2. The van der Waals surface area contributed by atoms with Crippen LogP contribution in [-0.2, 0) is 9.59 Å². The fraction of sp³-hybridized carbons (Fsp3) is 0.947. The SMILES string of the molecule is CCCCCCCCCCCCCCCCCC(N=C=O)C(CCCCCCCCCCCCCCCCC)N=C=O. The number of unbranched alkanes of at least 4 members (excludes halogenated alkanes) is 28. The maximum Gasteiger partial charge on any atom is 0.235 e. The number of hydrogen-bond donors (Lipinski definition) is 0. The van der Waals surface area contributed by atoms with Crippen LogP contribution in [0.15, 0.2) is 9.98 Å². The highest BCUT2D eigenvalue weighted by Crippen LogP contribution is 2.20. The van der Waals surface area contributed by atoms with Crippen molar-refractivity contribution in [1.29, 1.82) is 0 Å². The zero-order valence-electron chi connectivity index (χ0n) is 28.5. The second kappa shape index (κ2) is 36.0. The van der Waals surface area contributed by atoms with Crippen molar-refractivity contribution < 1.29 is 9.59 Å². The Morgan fingerprint density at radius 3 is 0.714 bits per heavy atom. The van der Waals surface area contributed by atoms with Gasteiger partial charge in [0, 0.05) is 0 Å². The van der Waals surface area contributed by atoms with Crippen LogP contribution in [0.25, 0.3) is 0 Å². The molecule has 0 bridgehead atoms. The Labute approximate surface area is 262 Å². The lowest BCUT2D eigenvalue weighted by Gasteiger charge is -2.18. The maximum absolute atomic E-state index is 11.1. The Balaban J connectivity index is 3.77. The van der Waals surface area contributed by atoms with Crippen molar-refractivity contribution in [2.24, 2.45) is 9.98 Å². The summed E-state index contributed by atoms with van der Waals surface area (Å²) in [6.07, 6.45) is 45.3. The molecule has 0 rings (SSSR count). The van der Waals surface area contributed by atoms with Crippen molar-refractivity contribution >= 4 is 12.2 Å². The van der Waals surface area contributed by atoms with Crippen LogP contribution in [0.5, 0.6) is 0 Å². The number of carbonyl (C=O) groups excluding carboxylic acids is 2. The normalized spacial score (nSPS) is 12.5. The minimum Gasteiger partial charge on any atom is -0.211 e. The summed E-state index contributed by atoms with van der Waals surface area (Å²) < 4.78 is 0. The van der Waals surface area contributed by atoms with Crippen LogP contribution < -0.4 is 0 Å². The molecule has 0 heterocycles. The molecule has 0 aromatic carbocycles. The van der Waals surface area contributed by atoms with Gasteiger partial charge < -0.3 is 0 Å². The monoisotopic (exact) mass is 589 g/mol. The molecule has 0 aliphatic carbocycles. The van der Waals surface area contributed by atoms with Gasteiger partial charge >= 0.3 is 0 Å². The van der Waals surface area contributed by atoms with Gasteiger partial charge in [-0.15, -0.1) is 0 Å². The van der Waals surface area contributed by atoms with E-state index in [-0.39, 0.29) is 12.1 Å². The molecule has 0 N–H and O–H groups in total. The third-order valence-electron chi connectivity index (χ3n) is 9.09. The van der Waals surface area contributed by atoms with Crippen molar-refractivity contribution in [3.63, 3.8) is 0 Å². The lowest BCUT2D eigenvalue weighted by atomic mass is 9.96. The van der Waals surface area contributed by atoms with Gasteiger partial charge in [0.25, 0.3) is 0 Å². The topological polar surface area (TPSA) is 58.9 Å². The van der Waals surface area contributed by atoms with E-state index in [0.717, 1.165) is 25.7 Å². The van der Waals surface area contributed by atoms with Gasteiger partial charge in [0.2, 0.25) is 12.2 Å². The highest BCUT2D eigenvalue weighted by atomic mass is 16.1. The van der Waals surface area contributed by atoms with Gasteiger partial charge in [0.1, 0.15) is 0 Å². The first-order valence-corrected chi connectivity index (χ1v) is 18.9. The second-order valence-electron chi connectivity index (χ2n) is 13.1. The molecule has 0 radical (unpaired) electrons. The van der Waals surface area contributed by atoms with Crippen LogP contribution >= 0.6 is 0 Å². The summed E-state index contributed by atoms with van der Waals surface area (Å²) in [4.78, 5) is 30.2.